The van der Waals surface area contributed by atoms with Crippen molar-refractivity contribution in [2.24, 2.45) is 4.99 Å². The fraction of sp³-hybridized carbons (Fsp3) is 0.652. The average molecular weight is 577 g/mol. The van der Waals surface area contributed by atoms with E-state index in [0.717, 1.165) is 50.1 Å². The maximum Gasteiger partial charge on any atom is 0.410 e. The van der Waals surface area contributed by atoms with E-state index in [0.29, 0.717) is 19.6 Å². The molecule has 7 nitrogen and oxygen atoms in total. The summed E-state index contributed by atoms with van der Waals surface area (Å²) in [7, 11) is 0. The van der Waals surface area contributed by atoms with Crippen molar-refractivity contribution >= 4 is 47.6 Å². The first-order valence-corrected chi connectivity index (χ1v) is 11.5. The number of amides is 1. The average Bonchev–Trinajstić information content (AvgIpc) is 3.14. The van der Waals surface area contributed by atoms with Gasteiger partial charge in [-0.1, -0.05) is 29.8 Å². The van der Waals surface area contributed by atoms with Gasteiger partial charge in [0.2, 0.25) is 0 Å². The van der Waals surface area contributed by atoms with E-state index in [1.165, 1.54) is 5.56 Å². The molecular weight excluding hydrogens is 543 g/mol. The van der Waals surface area contributed by atoms with Crippen molar-refractivity contribution in [3.8, 4) is 0 Å². The summed E-state index contributed by atoms with van der Waals surface area (Å²) in [4.78, 5) is 21.3. The summed E-state index contributed by atoms with van der Waals surface area (Å²) >= 11 is 6.59. The number of halogens is 2. The normalized spacial score (nSPS) is 22.5. The summed E-state index contributed by atoms with van der Waals surface area (Å²) < 4.78 is 11.2. The summed E-state index contributed by atoms with van der Waals surface area (Å²) in [5.74, 6) is 0.923. The summed E-state index contributed by atoms with van der Waals surface area (Å²) in [6, 6.07) is 8.32. The predicted molar refractivity (Wildman–Crippen MR) is 137 cm³/mol. The van der Waals surface area contributed by atoms with Gasteiger partial charge in [-0.05, 0) is 45.2 Å². The fourth-order valence-corrected chi connectivity index (χ4v) is 5.00. The molecule has 2 saturated heterocycles. The van der Waals surface area contributed by atoms with Crippen molar-refractivity contribution < 1.29 is 14.3 Å². The lowest BCUT2D eigenvalue weighted by Crippen LogP contribution is -2.58. The highest BCUT2D eigenvalue weighted by molar-refractivity contribution is 14.0. The Hall–Kier alpha value is -1.26. The minimum absolute atomic E-state index is 0. The molecule has 0 bridgehead atoms. The van der Waals surface area contributed by atoms with E-state index in [1.807, 2.05) is 32.9 Å². The third-order valence-electron chi connectivity index (χ3n) is 6.34. The molecule has 4 rings (SSSR count). The Balaban J connectivity index is 0.00000289. The lowest BCUT2D eigenvalue weighted by molar-refractivity contribution is 0.0136. The van der Waals surface area contributed by atoms with Crippen LogP contribution >= 0.6 is 35.6 Å². The van der Waals surface area contributed by atoms with Gasteiger partial charge in [-0.15, -0.1) is 24.0 Å². The van der Waals surface area contributed by atoms with E-state index < -0.39 is 5.60 Å². The van der Waals surface area contributed by atoms with Crippen LogP contribution in [0.4, 0.5) is 4.79 Å². The van der Waals surface area contributed by atoms with Crippen molar-refractivity contribution in [2.45, 2.75) is 50.7 Å². The Morgan fingerprint density at radius 1 is 1.28 bits per heavy atom. The zero-order chi connectivity index (χ0) is 22.1. The van der Waals surface area contributed by atoms with E-state index in [1.54, 1.807) is 4.90 Å². The minimum Gasteiger partial charge on any atom is -0.444 e. The molecule has 1 atom stereocenters. The lowest BCUT2D eigenvalue weighted by atomic mass is 9.74. The summed E-state index contributed by atoms with van der Waals surface area (Å²) in [5.41, 5.74) is 0.622. The van der Waals surface area contributed by atoms with Crippen LogP contribution in [0, 0.1) is 0 Å². The van der Waals surface area contributed by atoms with Gasteiger partial charge < -0.3 is 24.6 Å². The maximum atomic E-state index is 12.5. The topological polar surface area (TPSA) is 66.4 Å². The van der Waals surface area contributed by atoms with E-state index >= 15 is 0 Å². The highest BCUT2D eigenvalue weighted by Gasteiger charge is 2.39. The van der Waals surface area contributed by atoms with Crippen LogP contribution in [0.2, 0.25) is 5.02 Å². The molecule has 3 aliphatic heterocycles. The Labute approximate surface area is 212 Å². The Kier molecular flexibility index (Phi) is 8.20. The number of benzene rings is 1. The number of carbonyl (C=O) groups excluding carboxylic acids is 1. The molecule has 1 aromatic carbocycles. The number of nitrogens with zero attached hydrogens (tertiary/aromatic N) is 3. The maximum absolute atomic E-state index is 12.5. The molecule has 1 aromatic rings. The van der Waals surface area contributed by atoms with Crippen molar-refractivity contribution in [3.63, 3.8) is 0 Å². The number of nitrogens with one attached hydrogen (secondary N) is 1. The summed E-state index contributed by atoms with van der Waals surface area (Å²) in [6.07, 6.45) is 1.60. The van der Waals surface area contributed by atoms with Gasteiger partial charge in [0, 0.05) is 49.8 Å². The number of aliphatic imine (C=N–C) groups is 1. The van der Waals surface area contributed by atoms with Gasteiger partial charge in [-0.25, -0.2) is 4.79 Å². The Morgan fingerprint density at radius 3 is 2.69 bits per heavy atom. The number of guanidine groups is 1. The first-order valence-electron chi connectivity index (χ1n) is 11.1. The van der Waals surface area contributed by atoms with Gasteiger partial charge in [-0.2, -0.15) is 0 Å². The van der Waals surface area contributed by atoms with E-state index in [9.17, 15) is 4.79 Å². The molecule has 1 N–H and O–H groups in total. The highest BCUT2D eigenvalue weighted by atomic mass is 127. The molecule has 1 amide bonds. The Bertz CT molecular complexity index is 839. The molecule has 0 radical (unpaired) electrons. The molecule has 0 aromatic heterocycles. The largest absolute Gasteiger partial charge is 0.444 e. The highest BCUT2D eigenvalue weighted by Crippen LogP contribution is 2.38. The van der Waals surface area contributed by atoms with Gasteiger partial charge in [0.25, 0.3) is 0 Å². The number of hydrogen-bond donors (Lipinski definition) is 1. The van der Waals surface area contributed by atoms with Crippen LogP contribution in [0.25, 0.3) is 0 Å². The predicted octanol–water partition coefficient (Wildman–Crippen LogP) is 3.89. The zero-order valence-electron chi connectivity index (χ0n) is 19.1. The molecule has 0 saturated carbocycles. The van der Waals surface area contributed by atoms with Gasteiger partial charge >= 0.3 is 6.09 Å². The van der Waals surface area contributed by atoms with Crippen molar-refractivity contribution in [2.75, 3.05) is 45.9 Å². The van der Waals surface area contributed by atoms with E-state index in [2.05, 4.69) is 22.3 Å². The van der Waals surface area contributed by atoms with Crippen LogP contribution in [-0.4, -0.2) is 79.4 Å². The van der Waals surface area contributed by atoms with Crippen LogP contribution in [-0.2, 0) is 14.9 Å². The molecule has 32 heavy (non-hydrogen) atoms. The third-order valence-corrected chi connectivity index (χ3v) is 6.67. The standard InChI is InChI=1S/C23H33ClN4O3.HI/c1-22(2,3)31-21(29)27-10-11-28-17(15-27)14-25-20(28)26-16-23(8-12-30-13-9-23)18-6-4-5-7-19(18)24;/h4-7,17H,8-16H2,1-3H3,(H,25,26);1H. The fourth-order valence-electron chi connectivity index (χ4n) is 4.67. The second-order valence-electron chi connectivity index (χ2n) is 9.66. The molecule has 178 valence electrons. The SMILES string of the molecule is CC(C)(C)OC(=O)N1CCN2C(NCC3(c4ccccc4Cl)CCOCC3)=NCC2C1.I. The smallest absolute Gasteiger partial charge is 0.410 e. The second-order valence-corrected chi connectivity index (χ2v) is 10.1. The van der Waals surface area contributed by atoms with E-state index in [4.69, 9.17) is 26.1 Å². The van der Waals surface area contributed by atoms with Crippen LogP contribution in [0.5, 0.6) is 0 Å². The quantitative estimate of drug-likeness (QED) is 0.554. The van der Waals surface area contributed by atoms with Crippen molar-refractivity contribution in [1.82, 2.24) is 15.1 Å². The van der Waals surface area contributed by atoms with Crippen molar-refractivity contribution in [1.29, 1.82) is 0 Å². The first-order chi connectivity index (χ1) is 14.8. The van der Waals surface area contributed by atoms with Gasteiger partial charge in [-0.3, -0.25) is 4.99 Å². The molecule has 2 fully saturated rings. The molecule has 3 aliphatic rings. The molecule has 0 aliphatic carbocycles. The first kappa shape index (κ1) is 25.4. The lowest BCUT2D eigenvalue weighted by Gasteiger charge is -2.41. The monoisotopic (exact) mass is 576 g/mol. The summed E-state index contributed by atoms with van der Waals surface area (Å²) in [5, 5.41) is 4.44. The summed E-state index contributed by atoms with van der Waals surface area (Å²) in [6.45, 7) is 10.6. The van der Waals surface area contributed by atoms with Crippen LogP contribution in [0.15, 0.2) is 29.3 Å². The number of carbonyl (C=O) groups is 1. The van der Waals surface area contributed by atoms with Crippen LogP contribution in [0.3, 0.4) is 0 Å². The minimum atomic E-state index is -0.482. The molecule has 1 unspecified atom stereocenters. The molecular formula is C23H34ClIN4O3. The Morgan fingerprint density at radius 2 is 2.00 bits per heavy atom. The second kappa shape index (κ2) is 10.3. The number of rotatable bonds is 3. The van der Waals surface area contributed by atoms with Crippen LogP contribution < -0.4 is 5.32 Å². The molecule has 9 heteroatoms. The number of fused-ring (bicyclic) bond motifs is 1. The number of piperazine rings is 1. The van der Waals surface area contributed by atoms with Crippen LogP contribution in [0.1, 0.15) is 39.2 Å². The number of ether oxygens (including phenoxy) is 2. The number of hydrogen-bond acceptors (Lipinski definition) is 6. The van der Waals surface area contributed by atoms with Crippen molar-refractivity contribution in [3.05, 3.63) is 34.9 Å². The molecule has 0 spiro atoms. The third kappa shape index (κ3) is 5.62. The molecule has 3 heterocycles. The van der Waals surface area contributed by atoms with Gasteiger partial charge in [0.1, 0.15) is 5.60 Å². The van der Waals surface area contributed by atoms with Gasteiger partial charge in [0.05, 0.1) is 12.6 Å². The zero-order valence-corrected chi connectivity index (χ0v) is 22.2. The van der Waals surface area contributed by atoms with Gasteiger partial charge in [0.15, 0.2) is 5.96 Å². The van der Waals surface area contributed by atoms with E-state index in [-0.39, 0.29) is 41.5 Å².